The molecule has 0 saturated carbocycles. The van der Waals surface area contributed by atoms with Gasteiger partial charge in [-0.2, -0.15) is 13.2 Å². The summed E-state index contributed by atoms with van der Waals surface area (Å²) in [5.74, 6) is -1.01. The van der Waals surface area contributed by atoms with Crippen molar-refractivity contribution in [2.45, 2.75) is 16.0 Å². The molecular weight excluding hydrogens is 389 g/mol. The lowest BCUT2D eigenvalue weighted by Gasteiger charge is -2.11. The van der Waals surface area contributed by atoms with E-state index in [2.05, 4.69) is 4.72 Å². The first-order chi connectivity index (χ1) is 12.1. The molecular formula is C16H15F3N2O3S2. The van der Waals surface area contributed by atoms with Gasteiger partial charge in [-0.05, 0) is 48.7 Å². The molecule has 5 nitrogen and oxygen atoms in total. The van der Waals surface area contributed by atoms with Crippen LogP contribution in [0.15, 0.2) is 58.3 Å². The van der Waals surface area contributed by atoms with Gasteiger partial charge in [0.1, 0.15) is 6.54 Å². The lowest BCUT2D eigenvalue weighted by molar-refractivity contribution is -0.123. The third-order valence-corrected chi connectivity index (χ3v) is 5.32. The predicted molar refractivity (Wildman–Crippen MR) is 93.9 cm³/mol. The van der Waals surface area contributed by atoms with Crippen molar-refractivity contribution in [1.82, 2.24) is 5.32 Å². The lowest BCUT2D eigenvalue weighted by atomic mass is 10.2. The monoisotopic (exact) mass is 404 g/mol. The Labute approximate surface area is 153 Å². The molecule has 0 bridgehead atoms. The molecule has 2 aromatic carbocycles. The molecule has 0 fully saturated rings. The van der Waals surface area contributed by atoms with Crippen molar-refractivity contribution in [1.29, 1.82) is 0 Å². The van der Waals surface area contributed by atoms with Crippen LogP contribution in [0.5, 0.6) is 0 Å². The summed E-state index contributed by atoms with van der Waals surface area (Å²) in [6.07, 6.45) is -2.67. The molecule has 0 aliphatic heterocycles. The molecule has 140 valence electrons. The summed E-state index contributed by atoms with van der Waals surface area (Å²) < 4.78 is 63.7. The summed E-state index contributed by atoms with van der Waals surface area (Å²) in [5, 5.41) is 1.70. The van der Waals surface area contributed by atoms with Crippen LogP contribution in [0, 0.1) is 0 Å². The number of sulfonamides is 1. The molecule has 26 heavy (non-hydrogen) atoms. The molecule has 0 spiro atoms. The van der Waals surface area contributed by atoms with Gasteiger partial charge in [0.25, 0.3) is 15.9 Å². The van der Waals surface area contributed by atoms with E-state index in [0.29, 0.717) is 5.69 Å². The highest BCUT2D eigenvalue weighted by atomic mass is 32.2. The number of benzene rings is 2. The quantitative estimate of drug-likeness (QED) is 0.723. The van der Waals surface area contributed by atoms with Gasteiger partial charge in [0.2, 0.25) is 0 Å². The van der Waals surface area contributed by atoms with Crippen LogP contribution in [0.25, 0.3) is 0 Å². The van der Waals surface area contributed by atoms with Crippen LogP contribution >= 0.6 is 11.8 Å². The number of rotatable bonds is 6. The normalized spacial score (nSPS) is 11.8. The first kappa shape index (κ1) is 20.1. The SMILES string of the molecule is CSc1ccc(NS(=O)(=O)c2cccc(C(=O)NCC(F)(F)F)c2)cc1. The summed E-state index contributed by atoms with van der Waals surface area (Å²) in [7, 11) is -3.99. The molecule has 0 saturated heterocycles. The second-order valence-corrected chi connectivity index (χ2v) is 7.72. The second-order valence-electron chi connectivity index (χ2n) is 5.16. The van der Waals surface area contributed by atoms with Gasteiger partial charge in [-0.25, -0.2) is 8.42 Å². The minimum Gasteiger partial charge on any atom is -0.343 e. The van der Waals surface area contributed by atoms with Gasteiger partial charge in [0.05, 0.1) is 4.90 Å². The standard InChI is InChI=1S/C16H15F3N2O3S2/c1-25-13-7-5-12(6-8-13)21-26(23,24)14-4-2-3-11(9-14)15(22)20-10-16(17,18)19/h2-9,21H,10H2,1H3,(H,20,22). The number of hydrogen-bond acceptors (Lipinski definition) is 4. The molecule has 2 rings (SSSR count). The van der Waals surface area contributed by atoms with Crippen LogP contribution in [0.4, 0.5) is 18.9 Å². The fraction of sp³-hybridized carbons (Fsp3) is 0.188. The summed E-state index contributed by atoms with van der Waals surface area (Å²) in [4.78, 5) is 12.5. The minimum atomic E-state index is -4.55. The third-order valence-electron chi connectivity index (χ3n) is 3.20. The predicted octanol–water partition coefficient (Wildman–Crippen LogP) is 3.50. The molecule has 0 aliphatic carbocycles. The Morgan fingerprint density at radius 3 is 2.35 bits per heavy atom. The van der Waals surface area contributed by atoms with Gasteiger partial charge in [-0.1, -0.05) is 6.07 Å². The number of alkyl halides is 3. The fourth-order valence-corrected chi connectivity index (χ4v) is 3.47. The van der Waals surface area contributed by atoms with E-state index in [1.54, 1.807) is 29.6 Å². The van der Waals surface area contributed by atoms with E-state index in [4.69, 9.17) is 0 Å². The second kappa shape index (κ2) is 8.00. The molecule has 0 radical (unpaired) electrons. The molecule has 2 aromatic rings. The van der Waals surface area contributed by atoms with Crippen molar-refractivity contribution in [3.8, 4) is 0 Å². The molecule has 0 atom stereocenters. The van der Waals surface area contributed by atoms with Crippen LogP contribution in [0.1, 0.15) is 10.4 Å². The first-order valence-electron chi connectivity index (χ1n) is 7.22. The first-order valence-corrected chi connectivity index (χ1v) is 9.93. The Morgan fingerprint density at radius 2 is 1.77 bits per heavy atom. The van der Waals surface area contributed by atoms with E-state index in [1.807, 2.05) is 6.26 Å². The van der Waals surface area contributed by atoms with Crippen LogP contribution < -0.4 is 10.0 Å². The number of nitrogens with one attached hydrogen (secondary N) is 2. The average Bonchev–Trinajstić information content (AvgIpc) is 2.59. The van der Waals surface area contributed by atoms with E-state index in [-0.39, 0.29) is 10.5 Å². The Morgan fingerprint density at radius 1 is 1.12 bits per heavy atom. The highest BCUT2D eigenvalue weighted by molar-refractivity contribution is 7.98. The summed E-state index contributed by atoms with van der Waals surface area (Å²) in [5.41, 5.74) is 0.143. The van der Waals surface area contributed by atoms with Crippen LogP contribution in [0.2, 0.25) is 0 Å². The van der Waals surface area contributed by atoms with Gasteiger partial charge < -0.3 is 5.32 Å². The van der Waals surface area contributed by atoms with Gasteiger partial charge in [-0.15, -0.1) is 11.8 Å². The molecule has 1 amide bonds. The van der Waals surface area contributed by atoms with Crippen LogP contribution in [-0.2, 0) is 10.0 Å². The van der Waals surface area contributed by atoms with Crippen LogP contribution in [0.3, 0.4) is 0 Å². The number of hydrogen-bond donors (Lipinski definition) is 2. The van der Waals surface area contributed by atoms with Gasteiger partial charge in [-0.3, -0.25) is 9.52 Å². The number of amides is 1. The van der Waals surface area contributed by atoms with E-state index in [9.17, 15) is 26.4 Å². The zero-order chi connectivity index (χ0) is 19.4. The van der Waals surface area contributed by atoms with E-state index in [1.165, 1.54) is 30.0 Å². The molecule has 10 heteroatoms. The third kappa shape index (κ3) is 5.67. The van der Waals surface area contributed by atoms with E-state index >= 15 is 0 Å². The zero-order valence-electron chi connectivity index (χ0n) is 13.5. The van der Waals surface area contributed by atoms with E-state index < -0.39 is 28.7 Å². The maximum atomic E-state index is 12.4. The number of halogens is 3. The van der Waals surface area contributed by atoms with Crippen molar-refractivity contribution in [2.75, 3.05) is 17.5 Å². The van der Waals surface area contributed by atoms with E-state index in [0.717, 1.165) is 11.0 Å². The minimum absolute atomic E-state index is 0.185. The Kier molecular flexibility index (Phi) is 6.19. The number of carbonyl (C=O) groups is 1. The smallest absolute Gasteiger partial charge is 0.343 e. The van der Waals surface area contributed by atoms with Crippen LogP contribution in [-0.4, -0.2) is 33.3 Å². The van der Waals surface area contributed by atoms with Gasteiger partial charge >= 0.3 is 6.18 Å². The molecule has 0 heterocycles. The average molecular weight is 404 g/mol. The highest BCUT2D eigenvalue weighted by Gasteiger charge is 2.28. The van der Waals surface area contributed by atoms with Gasteiger partial charge in [0, 0.05) is 16.1 Å². The molecule has 0 aliphatic rings. The number of anilines is 1. The molecule has 2 N–H and O–H groups in total. The number of thioether (sulfide) groups is 1. The topological polar surface area (TPSA) is 75.3 Å². The Bertz CT molecular complexity index is 882. The highest BCUT2D eigenvalue weighted by Crippen LogP contribution is 2.21. The molecule has 0 aromatic heterocycles. The largest absolute Gasteiger partial charge is 0.405 e. The summed E-state index contributed by atoms with van der Waals surface area (Å²) >= 11 is 1.50. The Balaban J connectivity index is 2.17. The number of carbonyl (C=O) groups excluding carboxylic acids is 1. The summed E-state index contributed by atoms with van der Waals surface area (Å²) in [6.45, 7) is -1.50. The van der Waals surface area contributed by atoms with Gasteiger partial charge in [0.15, 0.2) is 0 Å². The van der Waals surface area contributed by atoms with Crippen molar-refractivity contribution >= 4 is 33.4 Å². The fourth-order valence-electron chi connectivity index (χ4n) is 1.96. The van der Waals surface area contributed by atoms with Crippen molar-refractivity contribution < 1.29 is 26.4 Å². The zero-order valence-corrected chi connectivity index (χ0v) is 15.1. The summed E-state index contributed by atoms with van der Waals surface area (Å²) in [6, 6.07) is 11.4. The van der Waals surface area contributed by atoms with Crippen molar-refractivity contribution in [3.63, 3.8) is 0 Å². The maximum Gasteiger partial charge on any atom is 0.405 e. The lowest BCUT2D eigenvalue weighted by Crippen LogP contribution is -2.33. The van der Waals surface area contributed by atoms with Crippen molar-refractivity contribution in [2.24, 2.45) is 0 Å². The molecule has 0 unspecified atom stereocenters. The van der Waals surface area contributed by atoms with Crippen molar-refractivity contribution in [3.05, 3.63) is 54.1 Å². The maximum absolute atomic E-state index is 12.4. The Hall–Kier alpha value is -2.20.